The molecule has 0 amide bonds. The first-order valence-electron chi connectivity index (χ1n) is 2.86. The van der Waals surface area contributed by atoms with Gasteiger partial charge in [-0.05, 0) is 0 Å². The van der Waals surface area contributed by atoms with Gasteiger partial charge in [0.2, 0.25) is 0 Å². The molecule has 0 rings (SSSR count). The number of hydrogen-bond acceptors (Lipinski definition) is 0. The zero-order valence-electron chi connectivity index (χ0n) is 5.64. The molecule has 0 fully saturated rings. The summed E-state index contributed by atoms with van der Waals surface area (Å²) < 4.78 is 70.3. The first kappa shape index (κ1) is 11.9. The van der Waals surface area contributed by atoms with E-state index in [1.807, 2.05) is 0 Å². The average Bonchev–Trinajstić information content (AvgIpc) is 1.84. The van der Waals surface area contributed by atoms with Crippen LogP contribution in [-0.2, 0) is 0 Å². The minimum absolute atomic E-state index is 0.719. The Morgan fingerprint density at radius 2 is 1.50 bits per heavy atom. The van der Waals surface area contributed by atoms with Crippen molar-refractivity contribution in [2.45, 2.75) is 24.7 Å². The largest absolute Gasteiger partial charge is 0.425 e. The highest BCUT2D eigenvalue weighted by Crippen LogP contribution is 2.36. The molecule has 7 heteroatoms. The highest BCUT2D eigenvalue weighted by atomic mass is 35.5. The SMILES string of the molecule is FC(C(F)(F)F)C(F)(F)CCCl. The van der Waals surface area contributed by atoms with Crippen LogP contribution in [0.3, 0.4) is 0 Å². The zero-order valence-corrected chi connectivity index (χ0v) is 6.39. The van der Waals surface area contributed by atoms with Gasteiger partial charge >= 0.3 is 6.18 Å². The van der Waals surface area contributed by atoms with E-state index in [9.17, 15) is 26.3 Å². The van der Waals surface area contributed by atoms with Crippen LogP contribution in [0, 0.1) is 0 Å². The molecule has 0 spiro atoms. The van der Waals surface area contributed by atoms with E-state index in [-0.39, 0.29) is 0 Å². The van der Waals surface area contributed by atoms with Crippen LogP contribution in [0.4, 0.5) is 26.3 Å². The summed E-state index contributed by atoms with van der Waals surface area (Å²) in [5.74, 6) is -5.15. The smallest absolute Gasteiger partial charge is 0.231 e. The van der Waals surface area contributed by atoms with Crippen molar-refractivity contribution in [1.82, 2.24) is 0 Å². The van der Waals surface area contributed by atoms with Crippen LogP contribution in [0.15, 0.2) is 0 Å². The van der Waals surface area contributed by atoms with Crippen LogP contribution in [-0.4, -0.2) is 24.2 Å². The molecule has 12 heavy (non-hydrogen) atoms. The fraction of sp³-hybridized carbons (Fsp3) is 1.00. The minimum atomic E-state index is -5.53. The standard InChI is InChI=1S/C5H5ClF6/c6-2-1-4(8,9)3(7)5(10,11)12/h3H,1-2H2. The molecule has 0 heterocycles. The van der Waals surface area contributed by atoms with E-state index in [1.165, 1.54) is 0 Å². The summed E-state index contributed by atoms with van der Waals surface area (Å²) in [5, 5.41) is 0. The van der Waals surface area contributed by atoms with E-state index in [2.05, 4.69) is 0 Å². The molecule has 0 bridgehead atoms. The fourth-order valence-electron chi connectivity index (χ4n) is 0.492. The average molecular weight is 215 g/mol. The maximum absolute atomic E-state index is 12.1. The van der Waals surface area contributed by atoms with Crippen molar-refractivity contribution >= 4 is 11.6 Å². The number of hydrogen-bond donors (Lipinski definition) is 0. The van der Waals surface area contributed by atoms with E-state index in [0.29, 0.717) is 0 Å². The van der Waals surface area contributed by atoms with E-state index >= 15 is 0 Å². The van der Waals surface area contributed by atoms with Gasteiger partial charge in [-0.15, -0.1) is 11.6 Å². The molecule has 0 aromatic heterocycles. The third-order valence-electron chi connectivity index (χ3n) is 1.09. The Kier molecular flexibility index (Phi) is 3.68. The van der Waals surface area contributed by atoms with Crippen LogP contribution in [0.2, 0.25) is 0 Å². The van der Waals surface area contributed by atoms with Crippen molar-refractivity contribution in [2.75, 3.05) is 5.88 Å². The van der Waals surface area contributed by atoms with Gasteiger partial charge in [0.25, 0.3) is 12.1 Å². The molecular formula is C5H5ClF6. The number of rotatable bonds is 3. The molecule has 0 radical (unpaired) electrons. The third-order valence-corrected chi connectivity index (χ3v) is 1.27. The molecular weight excluding hydrogens is 209 g/mol. The Hall–Kier alpha value is -0.130. The normalized spacial score (nSPS) is 16.2. The van der Waals surface area contributed by atoms with Crippen LogP contribution in [0.1, 0.15) is 6.42 Å². The topological polar surface area (TPSA) is 0 Å². The highest BCUT2D eigenvalue weighted by Gasteiger charge is 2.56. The first-order valence-corrected chi connectivity index (χ1v) is 3.40. The maximum atomic E-state index is 12.1. The van der Waals surface area contributed by atoms with Crippen LogP contribution >= 0.6 is 11.6 Å². The quantitative estimate of drug-likeness (QED) is 0.500. The molecule has 0 aromatic rings. The third kappa shape index (κ3) is 3.08. The van der Waals surface area contributed by atoms with Gasteiger partial charge in [0, 0.05) is 12.3 Å². The Bertz CT molecular complexity index is 141. The van der Waals surface area contributed by atoms with Crippen molar-refractivity contribution in [3.63, 3.8) is 0 Å². The minimum Gasteiger partial charge on any atom is -0.231 e. The number of halogens is 7. The molecule has 0 aliphatic rings. The fourth-order valence-corrected chi connectivity index (χ4v) is 0.744. The summed E-state index contributed by atoms with van der Waals surface area (Å²) in [5.41, 5.74) is 0. The molecule has 0 N–H and O–H groups in total. The van der Waals surface area contributed by atoms with Crippen molar-refractivity contribution in [2.24, 2.45) is 0 Å². The van der Waals surface area contributed by atoms with Crippen molar-refractivity contribution in [1.29, 1.82) is 0 Å². The summed E-state index contributed by atoms with van der Waals surface area (Å²) in [6, 6.07) is 0. The summed E-state index contributed by atoms with van der Waals surface area (Å²) in [7, 11) is 0. The molecule has 0 saturated carbocycles. The maximum Gasteiger partial charge on any atom is 0.425 e. The van der Waals surface area contributed by atoms with Crippen molar-refractivity contribution in [3.05, 3.63) is 0 Å². The first-order chi connectivity index (χ1) is 5.22. The van der Waals surface area contributed by atoms with E-state index in [1.54, 1.807) is 0 Å². The predicted molar refractivity (Wildman–Crippen MR) is 31.2 cm³/mol. The highest BCUT2D eigenvalue weighted by molar-refractivity contribution is 6.17. The lowest BCUT2D eigenvalue weighted by Crippen LogP contribution is -2.41. The van der Waals surface area contributed by atoms with Crippen LogP contribution in [0.25, 0.3) is 0 Å². The molecule has 0 aromatic carbocycles. The molecule has 74 valence electrons. The second-order valence-electron chi connectivity index (χ2n) is 2.10. The predicted octanol–water partition coefficient (Wildman–Crippen LogP) is 3.15. The molecule has 0 nitrogen and oxygen atoms in total. The van der Waals surface area contributed by atoms with Gasteiger partial charge in [0.1, 0.15) is 0 Å². The Morgan fingerprint density at radius 3 is 1.75 bits per heavy atom. The Morgan fingerprint density at radius 1 is 1.08 bits per heavy atom. The molecule has 0 saturated heterocycles. The van der Waals surface area contributed by atoms with E-state index < -0.39 is 30.6 Å². The second kappa shape index (κ2) is 3.72. The van der Waals surface area contributed by atoms with Gasteiger partial charge in [0.05, 0.1) is 0 Å². The van der Waals surface area contributed by atoms with Crippen LogP contribution in [0.5, 0.6) is 0 Å². The Labute approximate surface area is 69.5 Å². The summed E-state index contributed by atoms with van der Waals surface area (Å²) in [6.45, 7) is 0. The van der Waals surface area contributed by atoms with Gasteiger partial charge in [-0.3, -0.25) is 0 Å². The molecule has 0 aliphatic heterocycles. The lowest BCUT2D eigenvalue weighted by Gasteiger charge is -2.21. The number of alkyl halides is 7. The summed E-state index contributed by atoms with van der Waals surface area (Å²) in [4.78, 5) is 0. The van der Waals surface area contributed by atoms with Crippen LogP contribution < -0.4 is 0 Å². The van der Waals surface area contributed by atoms with Gasteiger partial charge in [-0.1, -0.05) is 0 Å². The van der Waals surface area contributed by atoms with Gasteiger partial charge in [0.15, 0.2) is 0 Å². The van der Waals surface area contributed by atoms with Gasteiger partial charge in [-0.25, -0.2) is 13.2 Å². The van der Waals surface area contributed by atoms with Gasteiger partial charge in [-0.2, -0.15) is 13.2 Å². The van der Waals surface area contributed by atoms with E-state index in [4.69, 9.17) is 11.6 Å². The summed E-state index contributed by atoms with van der Waals surface area (Å²) in [6.07, 6.45) is -11.0. The molecule has 0 aliphatic carbocycles. The lowest BCUT2D eigenvalue weighted by atomic mass is 10.1. The van der Waals surface area contributed by atoms with Crippen molar-refractivity contribution in [3.8, 4) is 0 Å². The zero-order chi connectivity index (χ0) is 9.99. The monoisotopic (exact) mass is 214 g/mol. The summed E-state index contributed by atoms with van der Waals surface area (Å²) >= 11 is 4.77. The van der Waals surface area contributed by atoms with E-state index in [0.717, 1.165) is 0 Å². The molecule has 1 atom stereocenters. The lowest BCUT2D eigenvalue weighted by molar-refractivity contribution is -0.244. The second-order valence-corrected chi connectivity index (χ2v) is 2.48. The molecule has 1 unspecified atom stereocenters. The van der Waals surface area contributed by atoms with Gasteiger partial charge < -0.3 is 0 Å². The Balaban J connectivity index is 4.34. The van der Waals surface area contributed by atoms with Crippen molar-refractivity contribution < 1.29 is 26.3 Å².